The van der Waals surface area contributed by atoms with Gasteiger partial charge in [-0.15, -0.1) is 0 Å². The fourth-order valence-electron chi connectivity index (χ4n) is 2.93. The molecule has 1 atom stereocenters. The van der Waals surface area contributed by atoms with Crippen LogP contribution in [0, 0.1) is 0 Å². The number of carbonyl (C=O) groups excluding carboxylic acids is 4. The molecule has 0 bridgehead atoms. The topological polar surface area (TPSA) is 92.8 Å². The van der Waals surface area contributed by atoms with Crippen LogP contribution in [-0.4, -0.2) is 41.2 Å². The van der Waals surface area contributed by atoms with Gasteiger partial charge < -0.3 is 10.1 Å². The summed E-state index contributed by atoms with van der Waals surface area (Å²) in [5.74, 6) is -1.57. The van der Waals surface area contributed by atoms with Crippen molar-refractivity contribution in [3.63, 3.8) is 0 Å². The summed E-state index contributed by atoms with van der Waals surface area (Å²) in [5.41, 5.74) is 1.87. The van der Waals surface area contributed by atoms with E-state index in [2.05, 4.69) is 5.32 Å². The van der Waals surface area contributed by atoms with Crippen molar-refractivity contribution in [1.29, 1.82) is 0 Å². The first-order valence-electron chi connectivity index (χ1n) is 8.94. The maximum atomic E-state index is 12.4. The minimum absolute atomic E-state index is 0.119. The molecule has 0 spiro atoms. The van der Waals surface area contributed by atoms with E-state index in [4.69, 9.17) is 4.74 Å². The van der Waals surface area contributed by atoms with Crippen LogP contribution >= 0.6 is 0 Å². The number of esters is 1. The van der Waals surface area contributed by atoms with E-state index in [9.17, 15) is 19.2 Å². The molecule has 1 unspecified atom stereocenters. The van der Waals surface area contributed by atoms with Crippen LogP contribution in [0.3, 0.4) is 0 Å². The predicted octanol–water partition coefficient (Wildman–Crippen LogP) is 2.16. The van der Waals surface area contributed by atoms with Gasteiger partial charge in [0.15, 0.2) is 0 Å². The van der Waals surface area contributed by atoms with E-state index in [0.29, 0.717) is 22.3 Å². The number of rotatable bonds is 6. The number of amides is 3. The highest BCUT2D eigenvalue weighted by Crippen LogP contribution is 2.24. The third-order valence-corrected chi connectivity index (χ3v) is 4.42. The van der Waals surface area contributed by atoms with Crippen molar-refractivity contribution in [3.05, 3.63) is 70.8 Å². The van der Waals surface area contributed by atoms with Crippen LogP contribution in [-0.2, 0) is 16.1 Å². The van der Waals surface area contributed by atoms with Crippen LogP contribution in [0.25, 0.3) is 0 Å². The smallest absolute Gasteiger partial charge is 0.328 e. The Kier molecular flexibility index (Phi) is 5.54. The summed E-state index contributed by atoms with van der Waals surface area (Å²) in [4.78, 5) is 49.9. The highest BCUT2D eigenvalue weighted by molar-refractivity contribution is 6.21. The average molecular weight is 380 g/mol. The summed E-state index contributed by atoms with van der Waals surface area (Å²) in [5, 5.41) is 2.57. The number of carbonyl (C=O) groups is 4. The molecular formula is C21H20N2O5. The third kappa shape index (κ3) is 3.78. The molecule has 1 aliphatic heterocycles. The minimum Gasteiger partial charge on any atom is -0.464 e. The second kappa shape index (κ2) is 8.04. The molecule has 144 valence electrons. The van der Waals surface area contributed by atoms with E-state index >= 15 is 0 Å². The number of benzene rings is 2. The van der Waals surface area contributed by atoms with E-state index in [1.54, 1.807) is 62.4 Å². The van der Waals surface area contributed by atoms with Gasteiger partial charge in [0.1, 0.15) is 6.04 Å². The lowest BCUT2D eigenvalue weighted by molar-refractivity contribution is -0.144. The van der Waals surface area contributed by atoms with Gasteiger partial charge in [-0.2, -0.15) is 0 Å². The van der Waals surface area contributed by atoms with E-state index in [1.165, 1.54) is 4.90 Å². The quantitative estimate of drug-likeness (QED) is 0.612. The molecule has 7 nitrogen and oxygen atoms in total. The molecule has 3 rings (SSSR count). The summed E-state index contributed by atoms with van der Waals surface area (Å²) in [7, 11) is 0. The fourth-order valence-corrected chi connectivity index (χ4v) is 2.93. The van der Waals surface area contributed by atoms with Gasteiger partial charge in [0, 0.05) is 5.56 Å². The Balaban J connectivity index is 1.65. The molecule has 2 aromatic rings. The molecule has 2 aromatic carbocycles. The molecule has 0 aromatic heterocycles. The Morgan fingerprint density at radius 3 is 2.11 bits per heavy atom. The Bertz CT molecular complexity index is 901. The second-order valence-corrected chi connectivity index (χ2v) is 6.39. The lowest BCUT2D eigenvalue weighted by Gasteiger charge is -2.15. The number of fused-ring (bicyclic) bond motifs is 1. The van der Waals surface area contributed by atoms with Crippen LogP contribution in [0.4, 0.5) is 0 Å². The minimum atomic E-state index is -0.759. The zero-order chi connectivity index (χ0) is 20.3. The SMILES string of the molecule is CCOC(=O)C(C)NC(=O)c1ccc(CN2C(=O)c3ccccc3C2=O)cc1. The zero-order valence-electron chi connectivity index (χ0n) is 15.6. The summed E-state index contributed by atoms with van der Waals surface area (Å²) in [6, 6.07) is 12.5. The van der Waals surface area contributed by atoms with Gasteiger partial charge in [-0.3, -0.25) is 19.3 Å². The summed E-state index contributed by atoms with van der Waals surface area (Å²) >= 11 is 0. The van der Waals surface area contributed by atoms with Gasteiger partial charge in [-0.25, -0.2) is 4.79 Å². The number of nitrogens with zero attached hydrogens (tertiary/aromatic N) is 1. The number of hydrogen-bond donors (Lipinski definition) is 1. The summed E-state index contributed by atoms with van der Waals surface area (Å²) in [6.45, 7) is 3.60. The third-order valence-electron chi connectivity index (χ3n) is 4.42. The van der Waals surface area contributed by atoms with E-state index in [1.807, 2.05) is 0 Å². The largest absolute Gasteiger partial charge is 0.464 e. The van der Waals surface area contributed by atoms with Crippen molar-refractivity contribution in [2.75, 3.05) is 6.61 Å². The number of imide groups is 1. The first-order valence-corrected chi connectivity index (χ1v) is 8.94. The van der Waals surface area contributed by atoms with E-state index in [-0.39, 0.29) is 25.0 Å². The molecule has 0 aliphatic carbocycles. The van der Waals surface area contributed by atoms with Gasteiger partial charge in [0.2, 0.25) is 0 Å². The molecule has 3 amide bonds. The van der Waals surface area contributed by atoms with Gasteiger partial charge in [0.25, 0.3) is 17.7 Å². The van der Waals surface area contributed by atoms with Gasteiger partial charge in [0.05, 0.1) is 24.3 Å². The van der Waals surface area contributed by atoms with Crippen molar-refractivity contribution in [1.82, 2.24) is 10.2 Å². The highest BCUT2D eigenvalue weighted by atomic mass is 16.5. The molecule has 1 heterocycles. The first-order chi connectivity index (χ1) is 13.4. The maximum absolute atomic E-state index is 12.4. The van der Waals surface area contributed by atoms with Crippen molar-refractivity contribution >= 4 is 23.7 Å². The maximum Gasteiger partial charge on any atom is 0.328 e. The van der Waals surface area contributed by atoms with E-state index in [0.717, 1.165) is 0 Å². The summed E-state index contributed by atoms with van der Waals surface area (Å²) in [6.07, 6.45) is 0. The normalized spacial score (nSPS) is 13.9. The van der Waals surface area contributed by atoms with Crippen LogP contribution in [0.5, 0.6) is 0 Å². The van der Waals surface area contributed by atoms with Crippen molar-refractivity contribution in [3.8, 4) is 0 Å². The Morgan fingerprint density at radius 1 is 1.00 bits per heavy atom. The average Bonchev–Trinajstić information content (AvgIpc) is 2.94. The molecule has 0 saturated carbocycles. The van der Waals surface area contributed by atoms with Crippen molar-refractivity contribution in [2.45, 2.75) is 26.4 Å². The Hall–Kier alpha value is -3.48. The fraction of sp³-hybridized carbons (Fsp3) is 0.238. The van der Waals surface area contributed by atoms with Gasteiger partial charge in [-0.1, -0.05) is 24.3 Å². The Morgan fingerprint density at radius 2 is 1.57 bits per heavy atom. The highest BCUT2D eigenvalue weighted by Gasteiger charge is 2.34. The molecule has 1 N–H and O–H groups in total. The van der Waals surface area contributed by atoms with Crippen LogP contribution in [0.2, 0.25) is 0 Å². The van der Waals surface area contributed by atoms with Gasteiger partial charge in [-0.05, 0) is 43.7 Å². The molecule has 0 radical (unpaired) electrons. The molecule has 0 fully saturated rings. The van der Waals surface area contributed by atoms with Crippen LogP contribution < -0.4 is 5.32 Å². The Labute approximate surface area is 162 Å². The molecule has 28 heavy (non-hydrogen) atoms. The second-order valence-electron chi connectivity index (χ2n) is 6.39. The zero-order valence-corrected chi connectivity index (χ0v) is 15.6. The molecule has 7 heteroatoms. The van der Waals surface area contributed by atoms with Crippen molar-refractivity contribution < 1.29 is 23.9 Å². The van der Waals surface area contributed by atoms with Gasteiger partial charge >= 0.3 is 5.97 Å². The first kappa shape index (κ1) is 19.3. The number of nitrogens with one attached hydrogen (secondary N) is 1. The van der Waals surface area contributed by atoms with Crippen molar-refractivity contribution in [2.24, 2.45) is 0 Å². The number of hydrogen-bond acceptors (Lipinski definition) is 5. The van der Waals surface area contributed by atoms with E-state index < -0.39 is 17.9 Å². The standard InChI is InChI=1S/C21H20N2O5/c1-3-28-21(27)13(2)22-18(24)15-10-8-14(9-11-15)12-23-19(25)16-6-4-5-7-17(16)20(23)26/h4-11,13H,3,12H2,1-2H3,(H,22,24). The lowest BCUT2D eigenvalue weighted by Crippen LogP contribution is -2.39. The van der Waals surface area contributed by atoms with Crippen LogP contribution in [0.1, 0.15) is 50.5 Å². The molecule has 0 saturated heterocycles. The molecular weight excluding hydrogens is 360 g/mol. The molecule has 1 aliphatic rings. The lowest BCUT2D eigenvalue weighted by atomic mass is 10.1. The number of ether oxygens (including phenoxy) is 1. The predicted molar refractivity (Wildman–Crippen MR) is 101 cm³/mol. The summed E-state index contributed by atoms with van der Waals surface area (Å²) < 4.78 is 4.86. The monoisotopic (exact) mass is 380 g/mol. The van der Waals surface area contributed by atoms with Crippen LogP contribution in [0.15, 0.2) is 48.5 Å².